The number of aromatic nitrogens is 2. The molecule has 0 N–H and O–H groups in total. The lowest BCUT2D eigenvalue weighted by atomic mass is 10.4. The Morgan fingerprint density at radius 2 is 2.73 bits per heavy atom. The van der Waals surface area contributed by atoms with E-state index in [1.807, 2.05) is 6.92 Å². The molecule has 1 atom stereocenters. The van der Waals surface area contributed by atoms with Crippen LogP contribution in [0.15, 0.2) is 10.7 Å². The van der Waals surface area contributed by atoms with Crippen LogP contribution in [0.3, 0.4) is 0 Å². The first kappa shape index (κ1) is 8.50. The summed E-state index contributed by atoms with van der Waals surface area (Å²) in [4.78, 5) is 3.97. The molecule has 1 aromatic heterocycles. The highest BCUT2D eigenvalue weighted by atomic mass is 32.2. The van der Waals surface area contributed by atoms with Crippen molar-refractivity contribution in [2.75, 3.05) is 0 Å². The third-order valence-electron chi connectivity index (χ3n) is 1.10. The second kappa shape index (κ2) is 4.31. The summed E-state index contributed by atoms with van der Waals surface area (Å²) in [5.41, 5.74) is 0. The molecular weight excluding hydrogens is 178 g/mol. The van der Waals surface area contributed by atoms with Crippen LogP contribution in [0, 0.1) is 11.3 Å². The first-order valence-electron chi connectivity index (χ1n) is 3.19. The summed E-state index contributed by atoms with van der Waals surface area (Å²) >= 11 is 2.81. The fourth-order valence-corrected chi connectivity index (χ4v) is 2.04. The topological polar surface area (TPSA) is 49.6 Å². The molecule has 0 saturated heterocycles. The van der Waals surface area contributed by atoms with E-state index in [4.69, 9.17) is 5.26 Å². The number of hydrogen-bond acceptors (Lipinski definition) is 5. The number of thioether (sulfide) groups is 1. The van der Waals surface area contributed by atoms with Gasteiger partial charge in [-0.1, -0.05) is 18.7 Å². The van der Waals surface area contributed by atoms with Crippen molar-refractivity contribution in [2.45, 2.75) is 22.9 Å². The third-order valence-corrected chi connectivity index (χ3v) is 3.10. The largest absolute Gasteiger partial charge is 0.216 e. The van der Waals surface area contributed by atoms with Crippen LogP contribution in [0.25, 0.3) is 0 Å². The van der Waals surface area contributed by atoms with Crippen LogP contribution in [0.2, 0.25) is 0 Å². The molecule has 0 aliphatic rings. The van der Waals surface area contributed by atoms with Gasteiger partial charge in [0.25, 0.3) is 0 Å². The first-order valence-corrected chi connectivity index (χ1v) is 4.85. The third kappa shape index (κ3) is 2.48. The van der Waals surface area contributed by atoms with Gasteiger partial charge in [-0.25, -0.2) is 4.98 Å². The van der Waals surface area contributed by atoms with Crippen LogP contribution >= 0.6 is 23.3 Å². The zero-order valence-electron chi connectivity index (χ0n) is 6.02. The molecule has 0 aromatic carbocycles. The Balaban J connectivity index is 2.49. The van der Waals surface area contributed by atoms with Crippen LogP contribution in [0.5, 0.6) is 0 Å². The van der Waals surface area contributed by atoms with Crippen molar-refractivity contribution >= 4 is 23.3 Å². The smallest absolute Gasteiger partial charge is 0.171 e. The van der Waals surface area contributed by atoms with E-state index in [0.717, 1.165) is 10.8 Å². The minimum atomic E-state index is 0.0166. The number of nitriles is 1. The van der Waals surface area contributed by atoms with Crippen LogP contribution in [0.1, 0.15) is 13.3 Å². The monoisotopic (exact) mass is 185 g/mol. The van der Waals surface area contributed by atoms with Gasteiger partial charge in [-0.05, 0) is 18.0 Å². The van der Waals surface area contributed by atoms with E-state index < -0.39 is 0 Å². The van der Waals surface area contributed by atoms with Gasteiger partial charge < -0.3 is 0 Å². The molecule has 0 fully saturated rings. The first-order chi connectivity index (χ1) is 5.36. The van der Waals surface area contributed by atoms with Crippen molar-refractivity contribution in [3.05, 3.63) is 6.33 Å². The van der Waals surface area contributed by atoms with E-state index in [-0.39, 0.29) is 5.25 Å². The van der Waals surface area contributed by atoms with Gasteiger partial charge in [0.2, 0.25) is 0 Å². The molecular formula is C6H7N3S2. The zero-order chi connectivity index (χ0) is 8.10. The predicted molar refractivity (Wildman–Crippen MR) is 45.5 cm³/mol. The van der Waals surface area contributed by atoms with Crippen molar-refractivity contribution in [1.82, 2.24) is 9.36 Å². The fraction of sp³-hybridized carbons (Fsp3) is 0.500. The Morgan fingerprint density at radius 1 is 1.91 bits per heavy atom. The van der Waals surface area contributed by atoms with Crippen LogP contribution in [-0.4, -0.2) is 14.6 Å². The van der Waals surface area contributed by atoms with Gasteiger partial charge in [-0.15, -0.1) is 0 Å². The normalized spacial score (nSPS) is 12.4. The minimum absolute atomic E-state index is 0.0166. The molecule has 1 rings (SSSR count). The van der Waals surface area contributed by atoms with E-state index in [2.05, 4.69) is 15.4 Å². The average Bonchev–Trinajstić information content (AvgIpc) is 2.52. The molecule has 0 spiro atoms. The van der Waals surface area contributed by atoms with Gasteiger partial charge in [0.15, 0.2) is 4.34 Å². The quantitative estimate of drug-likeness (QED) is 0.675. The zero-order valence-corrected chi connectivity index (χ0v) is 7.65. The SMILES string of the molecule is CCC(C#N)Sc1ncns1. The molecule has 0 aliphatic heterocycles. The van der Waals surface area contributed by atoms with Gasteiger partial charge >= 0.3 is 0 Å². The van der Waals surface area contributed by atoms with E-state index in [1.54, 1.807) is 0 Å². The molecule has 58 valence electrons. The maximum absolute atomic E-state index is 8.61. The Labute approximate surface area is 73.6 Å². The maximum atomic E-state index is 8.61. The Hall–Kier alpha value is -0.600. The van der Waals surface area contributed by atoms with Crippen molar-refractivity contribution in [3.8, 4) is 6.07 Å². The van der Waals surface area contributed by atoms with Crippen molar-refractivity contribution in [3.63, 3.8) is 0 Å². The summed E-state index contributed by atoms with van der Waals surface area (Å²) in [6, 6.07) is 2.19. The van der Waals surface area contributed by atoms with E-state index in [1.165, 1.54) is 29.6 Å². The van der Waals surface area contributed by atoms with Crippen LogP contribution in [-0.2, 0) is 0 Å². The second-order valence-electron chi connectivity index (χ2n) is 1.85. The molecule has 0 amide bonds. The molecule has 0 bridgehead atoms. The number of rotatable bonds is 3. The van der Waals surface area contributed by atoms with E-state index in [9.17, 15) is 0 Å². The Kier molecular flexibility index (Phi) is 3.33. The fourth-order valence-electron chi connectivity index (χ4n) is 0.538. The van der Waals surface area contributed by atoms with Gasteiger partial charge in [-0.2, -0.15) is 9.64 Å². The molecule has 1 unspecified atom stereocenters. The van der Waals surface area contributed by atoms with Gasteiger partial charge in [-0.3, -0.25) is 0 Å². The highest BCUT2D eigenvalue weighted by Gasteiger charge is 2.07. The molecule has 1 aromatic rings. The maximum Gasteiger partial charge on any atom is 0.171 e. The summed E-state index contributed by atoms with van der Waals surface area (Å²) in [5.74, 6) is 0. The standard InChI is InChI=1S/C6H7N3S2/c1-2-5(3-7)10-6-8-4-9-11-6/h4-5H,2H2,1H3. The highest BCUT2D eigenvalue weighted by molar-refractivity contribution is 8.01. The molecule has 0 radical (unpaired) electrons. The van der Waals surface area contributed by atoms with Gasteiger partial charge in [0.05, 0.1) is 11.3 Å². The minimum Gasteiger partial charge on any atom is -0.216 e. The lowest BCUT2D eigenvalue weighted by molar-refractivity contribution is 0.983. The van der Waals surface area contributed by atoms with Gasteiger partial charge in [0.1, 0.15) is 6.33 Å². The molecule has 11 heavy (non-hydrogen) atoms. The average molecular weight is 185 g/mol. The molecule has 0 saturated carbocycles. The Bertz CT molecular complexity index is 239. The lowest BCUT2D eigenvalue weighted by Crippen LogP contribution is -1.94. The van der Waals surface area contributed by atoms with E-state index >= 15 is 0 Å². The summed E-state index contributed by atoms with van der Waals surface area (Å²) in [6.07, 6.45) is 2.36. The molecule has 1 heterocycles. The second-order valence-corrected chi connectivity index (χ2v) is 4.08. The predicted octanol–water partition coefficient (Wildman–Crippen LogP) is 1.93. The lowest BCUT2D eigenvalue weighted by Gasteiger charge is -1.99. The molecule has 0 aliphatic carbocycles. The molecule has 5 heteroatoms. The summed E-state index contributed by atoms with van der Waals surface area (Å²) in [5, 5.41) is 8.63. The number of nitrogens with zero attached hydrogens (tertiary/aromatic N) is 3. The van der Waals surface area contributed by atoms with Crippen LogP contribution < -0.4 is 0 Å². The van der Waals surface area contributed by atoms with Gasteiger partial charge in [0, 0.05) is 0 Å². The van der Waals surface area contributed by atoms with Crippen molar-refractivity contribution < 1.29 is 0 Å². The summed E-state index contributed by atoms with van der Waals surface area (Å²) in [7, 11) is 0. The summed E-state index contributed by atoms with van der Waals surface area (Å²) in [6.45, 7) is 1.99. The van der Waals surface area contributed by atoms with Crippen molar-refractivity contribution in [1.29, 1.82) is 5.26 Å². The molecule has 3 nitrogen and oxygen atoms in total. The van der Waals surface area contributed by atoms with Crippen molar-refractivity contribution in [2.24, 2.45) is 0 Å². The highest BCUT2D eigenvalue weighted by Crippen LogP contribution is 2.24. The van der Waals surface area contributed by atoms with E-state index in [0.29, 0.717) is 0 Å². The number of hydrogen-bond donors (Lipinski definition) is 0. The van der Waals surface area contributed by atoms with Crippen LogP contribution in [0.4, 0.5) is 0 Å². The summed E-state index contributed by atoms with van der Waals surface area (Å²) < 4.78 is 4.72. The Morgan fingerprint density at radius 3 is 3.18 bits per heavy atom.